The minimum atomic E-state index is -0.804. The molecule has 2 N–H and O–H groups in total. The topological polar surface area (TPSA) is 49.7 Å². The number of hydrogen-bond donors (Lipinski definition) is 2. The molecule has 1 aromatic carbocycles. The molecule has 2 rings (SSSR count). The summed E-state index contributed by atoms with van der Waals surface area (Å²) in [7, 11) is 1.55. The lowest BCUT2D eigenvalue weighted by molar-refractivity contribution is 0.199. The molecule has 0 amide bonds. The Kier molecular flexibility index (Phi) is 3.97. The van der Waals surface area contributed by atoms with Crippen molar-refractivity contribution < 1.29 is 14.9 Å². The summed E-state index contributed by atoms with van der Waals surface area (Å²) < 4.78 is 5.15. The summed E-state index contributed by atoms with van der Waals surface area (Å²) in [5.41, 5.74) is 1.38. The third-order valence-corrected chi connectivity index (χ3v) is 2.86. The van der Waals surface area contributed by atoms with Gasteiger partial charge < -0.3 is 14.9 Å². The Bertz CT molecular complexity index is 500. The van der Waals surface area contributed by atoms with Crippen LogP contribution in [0.2, 0.25) is 0 Å². The molecule has 0 spiro atoms. The third-order valence-electron chi connectivity index (χ3n) is 2.86. The average molecular weight is 244 g/mol. The van der Waals surface area contributed by atoms with E-state index < -0.39 is 12.2 Å². The van der Waals surface area contributed by atoms with Crippen LogP contribution in [0.4, 0.5) is 0 Å². The van der Waals surface area contributed by atoms with Gasteiger partial charge in [0.05, 0.1) is 13.2 Å². The zero-order chi connectivity index (χ0) is 13.0. The summed E-state index contributed by atoms with van der Waals surface area (Å²) in [4.78, 5) is 0. The first-order valence-corrected chi connectivity index (χ1v) is 5.78. The molecule has 1 aliphatic carbocycles. The Hall–Kier alpha value is -1.84. The van der Waals surface area contributed by atoms with Gasteiger partial charge in [-0.3, -0.25) is 0 Å². The van der Waals surface area contributed by atoms with Crippen molar-refractivity contribution in [3.63, 3.8) is 0 Å². The number of hydrogen-bond acceptors (Lipinski definition) is 3. The van der Waals surface area contributed by atoms with Crippen LogP contribution in [0.1, 0.15) is 23.3 Å². The second kappa shape index (κ2) is 5.67. The van der Waals surface area contributed by atoms with Crippen molar-refractivity contribution >= 4 is 0 Å². The zero-order valence-corrected chi connectivity index (χ0v) is 10.2. The van der Waals surface area contributed by atoms with Crippen molar-refractivity contribution in [3.05, 3.63) is 71.5 Å². The molecule has 0 heterocycles. The van der Waals surface area contributed by atoms with Crippen LogP contribution in [0.5, 0.6) is 0 Å². The van der Waals surface area contributed by atoms with Gasteiger partial charge in [-0.05, 0) is 23.3 Å². The van der Waals surface area contributed by atoms with E-state index >= 15 is 0 Å². The minimum absolute atomic E-state index is 0.582. The molecule has 94 valence electrons. The SMILES string of the molecule is COC1=C\C(O)c2ccccc2C(O)/C=C/C=C\1. The molecule has 0 saturated heterocycles. The van der Waals surface area contributed by atoms with Crippen LogP contribution in [-0.4, -0.2) is 17.3 Å². The molecule has 0 bridgehead atoms. The Balaban J connectivity index is 2.51. The second-order valence-electron chi connectivity index (χ2n) is 4.04. The standard InChI is InChI=1S/C15H16O3/c1-18-11-6-2-5-9-14(16)12-7-3-4-8-13(12)15(17)10-11/h2-10,14-17H,1H3/b6-2-,9-5+,11-10-. The molecule has 1 aliphatic rings. The van der Waals surface area contributed by atoms with Gasteiger partial charge in [0.2, 0.25) is 0 Å². The first-order valence-electron chi connectivity index (χ1n) is 5.78. The maximum Gasteiger partial charge on any atom is 0.117 e. The number of allylic oxidation sites excluding steroid dienone is 3. The van der Waals surface area contributed by atoms with E-state index in [2.05, 4.69) is 0 Å². The van der Waals surface area contributed by atoms with Crippen LogP contribution in [0.25, 0.3) is 0 Å². The Morgan fingerprint density at radius 1 is 1.00 bits per heavy atom. The van der Waals surface area contributed by atoms with Gasteiger partial charge in [0.1, 0.15) is 11.9 Å². The van der Waals surface area contributed by atoms with Gasteiger partial charge >= 0.3 is 0 Å². The Labute approximate surface area is 106 Å². The fourth-order valence-corrected chi connectivity index (χ4v) is 1.91. The fraction of sp³-hybridized carbons (Fsp3) is 0.200. The normalized spacial score (nSPS) is 29.6. The van der Waals surface area contributed by atoms with Gasteiger partial charge in [-0.2, -0.15) is 0 Å². The van der Waals surface area contributed by atoms with Crippen LogP contribution in [0.3, 0.4) is 0 Å². The molecule has 2 atom stereocenters. The summed E-state index contributed by atoms with van der Waals surface area (Å²) in [6.07, 6.45) is 7.01. The highest BCUT2D eigenvalue weighted by atomic mass is 16.5. The summed E-state index contributed by atoms with van der Waals surface area (Å²) >= 11 is 0. The molecule has 0 aliphatic heterocycles. The molecule has 2 unspecified atom stereocenters. The van der Waals surface area contributed by atoms with E-state index in [0.29, 0.717) is 16.9 Å². The van der Waals surface area contributed by atoms with E-state index in [1.54, 1.807) is 49.6 Å². The molecule has 3 nitrogen and oxygen atoms in total. The average Bonchev–Trinajstić information content (AvgIpc) is 2.41. The molecule has 0 saturated carbocycles. The van der Waals surface area contributed by atoms with Gasteiger partial charge in [0.25, 0.3) is 0 Å². The summed E-state index contributed by atoms with van der Waals surface area (Å²) in [6.45, 7) is 0. The van der Waals surface area contributed by atoms with Crippen LogP contribution in [0, 0.1) is 0 Å². The smallest absolute Gasteiger partial charge is 0.117 e. The van der Waals surface area contributed by atoms with Crippen LogP contribution in [-0.2, 0) is 4.74 Å². The number of rotatable bonds is 1. The number of benzene rings is 1. The van der Waals surface area contributed by atoms with Gasteiger partial charge in [0, 0.05) is 0 Å². The van der Waals surface area contributed by atoms with Gasteiger partial charge in [0.15, 0.2) is 0 Å². The van der Waals surface area contributed by atoms with Crippen molar-refractivity contribution in [2.75, 3.05) is 7.11 Å². The van der Waals surface area contributed by atoms with Crippen molar-refractivity contribution in [3.8, 4) is 0 Å². The van der Waals surface area contributed by atoms with Crippen molar-refractivity contribution in [2.24, 2.45) is 0 Å². The highest BCUT2D eigenvalue weighted by Crippen LogP contribution is 2.27. The molecule has 0 fully saturated rings. The van der Waals surface area contributed by atoms with E-state index in [0.717, 1.165) is 0 Å². The highest BCUT2D eigenvalue weighted by molar-refractivity contribution is 5.37. The molecular weight excluding hydrogens is 228 g/mol. The van der Waals surface area contributed by atoms with E-state index in [9.17, 15) is 10.2 Å². The number of aliphatic hydroxyl groups is 2. The Morgan fingerprint density at radius 2 is 1.67 bits per heavy atom. The molecule has 0 radical (unpaired) electrons. The van der Waals surface area contributed by atoms with E-state index in [-0.39, 0.29) is 0 Å². The predicted octanol–water partition coefficient (Wildman–Crippen LogP) is 2.41. The zero-order valence-electron chi connectivity index (χ0n) is 10.2. The lowest BCUT2D eigenvalue weighted by atomic mass is 9.96. The van der Waals surface area contributed by atoms with E-state index in [1.165, 1.54) is 0 Å². The summed E-state index contributed by atoms with van der Waals surface area (Å²) in [6, 6.07) is 7.27. The highest BCUT2D eigenvalue weighted by Gasteiger charge is 2.15. The summed E-state index contributed by atoms with van der Waals surface area (Å²) in [5.74, 6) is 0.582. The second-order valence-corrected chi connectivity index (χ2v) is 4.04. The maximum atomic E-state index is 10.2. The van der Waals surface area contributed by atoms with Gasteiger partial charge in [-0.1, -0.05) is 42.5 Å². The first-order chi connectivity index (χ1) is 8.72. The molecule has 0 aromatic heterocycles. The largest absolute Gasteiger partial charge is 0.497 e. The number of methoxy groups -OCH3 is 1. The van der Waals surface area contributed by atoms with E-state index in [4.69, 9.17) is 4.74 Å². The molecule has 18 heavy (non-hydrogen) atoms. The fourth-order valence-electron chi connectivity index (χ4n) is 1.91. The van der Waals surface area contributed by atoms with Crippen LogP contribution >= 0.6 is 0 Å². The Morgan fingerprint density at radius 3 is 2.33 bits per heavy atom. The van der Waals surface area contributed by atoms with Crippen molar-refractivity contribution in [1.82, 2.24) is 0 Å². The van der Waals surface area contributed by atoms with Gasteiger partial charge in [-0.15, -0.1) is 0 Å². The predicted molar refractivity (Wildman–Crippen MR) is 69.7 cm³/mol. The van der Waals surface area contributed by atoms with Gasteiger partial charge in [-0.25, -0.2) is 0 Å². The quantitative estimate of drug-likeness (QED) is 0.797. The minimum Gasteiger partial charge on any atom is -0.497 e. The summed E-state index contributed by atoms with van der Waals surface area (Å²) in [5, 5.41) is 20.2. The van der Waals surface area contributed by atoms with Crippen molar-refractivity contribution in [2.45, 2.75) is 12.2 Å². The maximum absolute atomic E-state index is 10.2. The van der Waals surface area contributed by atoms with E-state index in [1.807, 2.05) is 12.1 Å². The lowest BCUT2D eigenvalue weighted by Crippen LogP contribution is -2.05. The van der Waals surface area contributed by atoms with Crippen molar-refractivity contribution in [1.29, 1.82) is 0 Å². The molecular formula is C15H16O3. The first kappa shape index (κ1) is 12.6. The number of fused-ring (bicyclic) bond motifs is 1. The lowest BCUT2D eigenvalue weighted by Gasteiger charge is -2.16. The third kappa shape index (κ3) is 2.70. The molecule has 1 aromatic rings. The van der Waals surface area contributed by atoms with Crippen LogP contribution in [0.15, 0.2) is 60.4 Å². The number of ether oxygens (including phenoxy) is 1. The molecule has 3 heteroatoms. The van der Waals surface area contributed by atoms with Crippen LogP contribution < -0.4 is 0 Å². The monoisotopic (exact) mass is 244 g/mol. The number of aliphatic hydroxyl groups excluding tert-OH is 2.